The average molecular weight is 508 g/mol. The lowest BCUT2D eigenvalue weighted by atomic mass is 9.88. The lowest BCUT2D eigenvalue weighted by molar-refractivity contribution is 0.121. The summed E-state index contributed by atoms with van der Waals surface area (Å²) in [5, 5.41) is 11.2. The Kier molecular flexibility index (Phi) is 7.81. The molecule has 3 aliphatic heterocycles. The van der Waals surface area contributed by atoms with Crippen molar-refractivity contribution in [2.75, 3.05) is 51.8 Å². The highest BCUT2D eigenvalue weighted by molar-refractivity contribution is 6.04. The molecule has 2 saturated heterocycles. The number of piperidine rings is 1. The van der Waals surface area contributed by atoms with Crippen LogP contribution in [-0.4, -0.2) is 85.2 Å². The van der Waals surface area contributed by atoms with E-state index in [2.05, 4.69) is 49.9 Å². The van der Waals surface area contributed by atoms with Crippen molar-refractivity contribution in [3.8, 4) is 17.1 Å². The first kappa shape index (κ1) is 25.7. The molecule has 9 heteroatoms. The minimum Gasteiger partial charge on any atom is -0.491 e. The van der Waals surface area contributed by atoms with Gasteiger partial charge in [-0.05, 0) is 77.7 Å². The number of amidine groups is 2. The number of hydrogen-bond acceptors (Lipinski definition) is 6. The fourth-order valence-electron chi connectivity index (χ4n) is 5.86. The van der Waals surface area contributed by atoms with Gasteiger partial charge in [-0.3, -0.25) is 5.41 Å². The van der Waals surface area contributed by atoms with Crippen LogP contribution in [0.25, 0.3) is 11.4 Å². The second-order valence-electron chi connectivity index (χ2n) is 10.7. The number of fused-ring (bicyclic) bond motifs is 3. The van der Waals surface area contributed by atoms with Gasteiger partial charge in [-0.1, -0.05) is 0 Å². The van der Waals surface area contributed by atoms with E-state index in [9.17, 15) is 0 Å². The molecule has 2 atom stereocenters. The molecule has 9 nitrogen and oxygen atoms in total. The van der Waals surface area contributed by atoms with Crippen LogP contribution in [0.15, 0.2) is 29.4 Å². The summed E-state index contributed by atoms with van der Waals surface area (Å²) in [6.45, 7) is 9.06. The molecule has 4 heterocycles. The van der Waals surface area contributed by atoms with E-state index < -0.39 is 0 Å². The molecule has 0 saturated carbocycles. The predicted molar refractivity (Wildman–Crippen MR) is 148 cm³/mol. The van der Waals surface area contributed by atoms with E-state index >= 15 is 0 Å². The van der Waals surface area contributed by atoms with E-state index in [1.54, 1.807) is 14.0 Å². The maximum Gasteiger partial charge on any atom is 0.155 e. The molecule has 1 aromatic carbocycles. The zero-order valence-corrected chi connectivity index (χ0v) is 22.7. The molecule has 0 amide bonds. The van der Waals surface area contributed by atoms with Gasteiger partial charge in [-0.15, -0.1) is 0 Å². The smallest absolute Gasteiger partial charge is 0.155 e. The molecule has 0 bridgehead atoms. The molecule has 0 spiro atoms. The molecule has 2 unspecified atom stereocenters. The van der Waals surface area contributed by atoms with Crippen LogP contribution in [-0.2, 0) is 11.3 Å². The minimum absolute atomic E-state index is 0.0214. The summed E-state index contributed by atoms with van der Waals surface area (Å²) in [5.41, 5.74) is 2.99. The first-order chi connectivity index (χ1) is 17.9. The van der Waals surface area contributed by atoms with Gasteiger partial charge in [0, 0.05) is 44.2 Å². The number of aliphatic imine (C=N–C) groups is 1. The topological polar surface area (TPSA) is 91.0 Å². The van der Waals surface area contributed by atoms with Crippen LogP contribution in [0.3, 0.4) is 0 Å². The number of anilines is 1. The highest BCUT2D eigenvalue weighted by Crippen LogP contribution is 2.39. The summed E-state index contributed by atoms with van der Waals surface area (Å²) in [6, 6.07) is 7.26. The summed E-state index contributed by atoms with van der Waals surface area (Å²) in [4.78, 5) is 14.5. The number of nitrogens with one attached hydrogen (secondary N) is 2. The SMILES string of the molecule is COC(C)CN/C(=N\C(C)=N)c1cn2c(n1)-c1ccc(N3CCCC3C3CCN(C)CC3)cc1OCC2. The number of methoxy groups -OCH3 is 1. The molecule has 37 heavy (non-hydrogen) atoms. The van der Waals surface area contributed by atoms with Crippen molar-refractivity contribution < 1.29 is 9.47 Å². The Morgan fingerprint density at radius 1 is 1.24 bits per heavy atom. The maximum atomic E-state index is 7.90. The number of nitrogens with zero attached hydrogens (tertiary/aromatic N) is 5. The molecule has 0 aliphatic carbocycles. The Balaban J connectivity index is 1.41. The third-order valence-electron chi connectivity index (χ3n) is 7.99. The van der Waals surface area contributed by atoms with E-state index in [1.165, 1.54) is 44.5 Å². The van der Waals surface area contributed by atoms with E-state index in [-0.39, 0.29) is 11.9 Å². The quantitative estimate of drug-likeness (QED) is 0.459. The van der Waals surface area contributed by atoms with Crippen LogP contribution in [0.2, 0.25) is 0 Å². The highest BCUT2D eigenvalue weighted by atomic mass is 16.5. The Labute approximate surface area is 220 Å². The lowest BCUT2D eigenvalue weighted by Gasteiger charge is -2.38. The number of likely N-dealkylation sites (tertiary alicyclic amines) is 1. The number of hydrogen-bond donors (Lipinski definition) is 2. The Hall–Kier alpha value is -2.91. The van der Waals surface area contributed by atoms with Gasteiger partial charge in [0.1, 0.15) is 29.7 Å². The van der Waals surface area contributed by atoms with Gasteiger partial charge in [-0.2, -0.15) is 0 Å². The fraction of sp³-hybridized carbons (Fsp3) is 0.607. The molecule has 2 N–H and O–H groups in total. The molecular formula is C28H41N7O2. The van der Waals surface area contributed by atoms with Crippen LogP contribution < -0.4 is 15.0 Å². The van der Waals surface area contributed by atoms with Crippen molar-refractivity contribution >= 4 is 17.4 Å². The van der Waals surface area contributed by atoms with E-state index in [0.29, 0.717) is 31.6 Å². The van der Waals surface area contributed by atoms with Crippen molar-refractivity contribution in [1.29, 1.82) is 5.41 Å². The van der Waals surface area contributed by atoms with Crippen LogP contribution in [0.1, 0.15) is 45.2 Å². The highest BCUT2D eigenvalue weighted by Gasteiger charge is 2.34. The van der Waals surface area contributed by atoms with Gasteiger partial charge in [-0.25, -0.2) is 9.98 Å². The Morgan fingerprint density at radius 3 is 2.81 bits per heavy atom. The summed E-state index contributed by atoms with van der Waals surface area (Å²) < 4.78 is 13.8. The van der Waals surface area contributed by atoms with Crippen LogP contribution in [0.4, 0.5) is 5.69 Å². The number of rotatable bonds is 6. The zero-order valence-electron chi connectivity index (χ0n) is 22.7. The van der Waals surface area contributed by atoms with Crippen molar-refractivity contribution in [2.45, 2.75) is 58.2 Å². The Morgan fingerprint density at radius 2 is 2.05 bits per heavy atom. The van der Waals surface area contributed by atoms with E-state index in [1.807, 2.05) is 13.1 Å². The third kappa shape index (κ3) is 5.67. The van der Waals surface area contributed by atoms with E-state index in [0.717, 1.165) is 35.3 Å². The largest absolute Gasteiger partial charge is 0.491 e. The number of imidazole rings is 1. The first-order valence-corrected chi connectivity index (χ1v) is 13.6. The fourth-order valence-corrected chi connectivity index (χ4v) is 5.86. The second kappa shape index (κ2) is 11.2. The zero-order chi connectivity index (χ0) is 25.9. The molecule has 200 valence electrons. The summed E-state index contributed by atoms with van der Waals surface area (Å²) >= 11 is 0. The molecule has 0 radical (unpaired) electrons. The normalized spacial score (nSPS) is 21.7. The van der Waals surface area contributed by atoms with E-state index in [4.69, 9.17) is 19.9 Å². The van der Waals surface area contributed by atoms with Gasteiger partial charge < -0.3 is 29.2 Å². The molecule has 3 aliphatic rings. The number of ether oxygens (including phenoxy) is 2. The molecule has 2 fully saturated rings. The van der Waals surface area contributed by atoms with Gasteiger partial charge in [0.25, 0.3) is 0 Å². The average Bonchev–Trinajstić information content (AvgIpc) is 3.51. The number of aromatic nitrogens is 2. The van der Waals surface area contributed by atoms with Gasteiger partial charge in [0.15, 0.2) is 5.84 Å². The van der Waals surface area contributed by atoms with Crippen LogP contribution in [0.5, 0.6) is 5.75 Å². The van der Waals surface area contributed by atoms with Crippen LogP contribution in [0, 0.1) is 11.3 Å². The van der Waals surface area contributed by atoms with Gasteiger partial charge in [0.2, 0.25) is 0 Å². The molecule has 1 aromatic heterocycles. The molecular weight excluding hydrogens is 466 g/mol. The summed E-state index contributed by atoms with van der Waals surface area (Å²) in [7, 11) is 3.92. The standard InChI is InChI=1S/C28H41N7O2/c1-19(36-4)17-30-27(31-20(2)29)24-18-34-14-15-37-26-16-22(7-8-23(26)28(34)32-24)35-11-5-6-25(35)21-9-12-33(3)13-10-21/h7-8,16,18-19,21,25H,5-6,9-15,17H2,1-4H3,(H2,29,30,31). The van der Waals surface area contributed by atoms with Crippen molar-refractivity contribution in [3.05, 3.63) is 30.1 Å². The Bertz CT molecular complexity index is 1140. The maximum absolute atomic E-state index is 7.90. The monoisotopic (exact) mass is 507 g/mol. The van der Waals surface area contributed by atoms with Crippen molar-refractivity contribution in [3.63, 3.8) is 0 Å². The van der Waals surface area contributed by atoms with Gasteiger partial charge in [0.05, 0.1) is 18.2 Å². The van der Waals surface area contributed by atoms with Gasteiger partial charge >= 0.3 is 0 Å². The number of benzene rings is 1. The van der Waals surface area contributed by atoms with Crippen molar-refractivity contribution in [1.82, 2.24) is 19.8 Å². The second-order valence-corrected chi connectivity index (χ2v) is 10.7. The molecule has 2 aromatic rings. The molecule has 5 rings (SSSR count). The first-order valence-electron chi connectivity index (χ1n) is 13.6. The minimum atomic E-state index is 0.0214. The summed E-state index contributed by atoms with van der Waals surface area (Å²) in [6.07, 6.45) is 7.14. The predicted octanol–water partition coefficient (Wildman–Crippen LogP) is 3.62. The lowest BCUT2D eigenvalue weighted by Crippen LogP contribution is -2.41. The van der Waals surface area contributed by atoms with Crippen LogP contribution >= 0.6 is 0 Å². The summed E-state index contributed by atoms with van der Waals surface area (Å²) in [5.74, 6) is 3.36. The third-order valence-corrected chi connectivity index (χ3v) is 7.99. The van der Waals surface area contributed by atoms with Crippen molar-refractivity contribution in [2.24, 2.45) is 10.9 Å².